The number of carbonyl (C=O) groups is 1. The SMILES string of the molecule is COc1ccc(F)c(-c2cc(F)c(COc3cccc([C@H](O)CC(=O)O)c3F)cc2[C@H]2CCCC2(C)C)c1. The molecular weight excluding hydrogens is 497 g/mol. The molecule has 0 aromatic heterocycles. The van der Waals surface area contributed by atoms with Crippen LogP contribution >= 0.6 is 0 Å². The summed E-state index contributed by atoms with van der Waals surface area (Å²) in [6, 6.07) is 11.3. The first kappa shape index (κ1) is 27.5. The zero-order chi connectivity index (χ0) is 27.6. The van der Waals surface area contributed by atoms with Crippen molar-refractivity contribution >= 4 is 5.97 Å². The highest BCUT2D eigenvalue weighted by Gasteiger charge is 2.37. The maximum atomic E-state index is 15.4. The second kappa shape index (κ2) is 11.1. The van der Waals surface area contributed by atoms with E-state index in [1.807, 2.05) is 0 Å². The Kier molecular flexibility index (Phi) is 8.02. The summed E-state index contributed by atoms with van der Waals surface area (Å²) in [6.07, 6.45) is 0.587. The van der Waals surface area contributed by atoms with Crippen LogP contribution in [0.4, 0.5) is 13.2 Å². The molecular formula is C30H31F3O5. The lowest BCUT2D eigenvalue weighted by molar-refractivity contribution is -0.139. The van der Waals surface area contributed by atoms with Crippen LogP contribution in [0.3, 0.4) is 0 Å². The summed E-state index contributed by atoms with van der Waals surface area (Å²) >= 11 is 0. The van der Waals surface area contributed by atoms with E-state index < -0.39 is 35.9 Å². The van der Waals surface area contributed by atoms with Gasteiger partial charge in [0.25, 0.3) is 0 Å². The zero-order valence-electron chi connectivity index (χ0n) is 21.6. The topological polar surface area (TPSA) is 76.0 Å². The van der Waals surface area contributed by atoms with Crippen molar-refractivity contribution < 1.29 is 37.7 Å². The Labute approximate surface area is 219 Å². The molecule has 0 bridgehead atoms. The van der Waals surface area contributed by atoms with Crippen LogP contribution in [0.1, 0.15) is 68.2 Å². The Balaban J connectivity index is 1.72. The fourth-order valence-electron chi connectivity index (χ4n) is 5.34. The van der Waals surface area contributed by atoms with Crippen molar-refractivity contribution in [1.82, 2.24) is 0 Å². The van der Waals surface area contributed by atoms with Crippen molar-refractivity contribution in [1.29, 1.82) is 0 Å². The number of aliphatic hydroxyl groups excluding tert-OH is 1. The molecule has 1 fully saturated rings. The summed E-state index contributed by atoms with van der Waals surface area (Å²) in [4.78, 5) is 10.9. The lowest BCUT2D eigenvalue weighted by Crippen LogP contribution is -2.17. The molecule has 0 unspecified atom stereocenters. The smallest absolute Gasteiger partial charge is 0.306 e. The van der Waals surface area contributed by atoms with Gasteiger partial charge in [-0.15, -0.1) is 0 Å². The molecule has 38 heavy (non-hydrogen) atoms. The van der Waals surface area contributed by atoms with E-state index >= 15 is 4.39 Å². The van der Waals surface area contributed by atoms with Crippen molar-refractivity contribution in [2.24, 2.45) is 5.41 Å². The van der Waals surface area contributed by atoms with Gasteiger partial charge < -0.3 is 19.7 Å². The molecule has 3 aromatic carbocycles. The van der Waals surface area contributed by atoms with Crippen molar-refractivity contribution in [2.75, 3.05) is 7.11 Å². The van der Waals surface area contributed by atoms with Crippen LogP contribution in [0.2, 0.25) is 0 Å². The molecule has 2 N–H and O–H groups in total. The van der Waals surface area contributed by atoms with Crippen molar-refractivity contribution in [3.8, 4) is 22.6 Å². The number of halogens is 3. The van der Waals surface area contributed by atoms with Gasteiger partial charge in [0, 0.05) is 16.7 Å². The molecule has 1 aliphatic carbocycles. The van der Waals surface area contributed by atoms with Crippen molar-refractivity contribution in [2.45, 2.75) is 58.2 Å². The second-order valence-electron chi connectivity index (χ2n) is 10.4. The van der Waals surface area contributed by atoms with Crippen LogP contribution in [-0.2, 0) is 11.4 Å². The third-order valence-electron chi connectivity index (χ3n) is 7.42. The van der Waals surface area contributed by atoms with Gasteiger partial charge in [-0.1, -0.05) is 32.4 Å². The lowest BCUT2D eigenvalue weighted by Gasteiger charge is -2.30. The van der Waals surface area contributed by atoms with E-state index in [4.69, 9.17) is 14.6 Å². The number of carboxylic acids is 1. The third-order valence-corrected chi connectivity index (χ3v) is 7.42. The molecule has 2 atom stereocenters. The number of benzene rings is 3. The molecule has 0 spiro atoms. The van der Waals surface area contributed by atoms with E-state index in [1.165, 1.54) is 43.5 Å². The van der Waals surface area contributed by atoms with E-state index in [2.05, 4.69) is 13.8 Å². The standard InChI is InChI=1S/C30H31F3O5/c1-30(2)11-5-7-23(30)21-12-17(25(32)14-20(21)22-13-18(37-3)9-10-24(22)31)16-38-27-8-4-6-19(29(27)33)26(34)15-28(35)36/h4,6,8-10,12-14,23,26,34H,5,7,11,15-16H2,1-3H3,(H,35,36)/t23-,26-/m1/s1. The molecule has 1 aliphatic rings. The highest BCUT2D eigenvalue weighted by Crippen LogP contribution is 2.51. The quantitative estimate of drug-likeness (QED) is 0.308. The normalized spacial score (nSPS) is 17.3. The number of aliphatic hydroxyl groups is 1. The van der Waals surface area contributed by atoms with Crippen LogP contribution in [0.25, 0.3) is 11.1 Å². The van der Waals surface area contributed by atoms with Crippen LogP contribution in [0, 0.1) is 22.9 Å². The Morgan fingerprint density at radius 2 is 1.84 bits per heavy atom. The second-order valence-corrected chi connectivity index (χ2v) is 10.4. The maximum absolute atomic E-state index is 15.4. The van der Waals surface area contributed by atoms with Crippen LogP contribution in [-0.4, -0.2) is 23.3 Å². The molecule has 5 nitrogen and oxygen atoms in total. The van der Waals surface area contributed by atoms with Crippen LogP contribution in [0.5, 0.6) is 11.5 Å². The summed E-state index contributed by atoms with van der Waals surface area (Å²) in [5, 5.41) is 19.0. The van der Waals surface area contributed by atoms with Gasteiger partial charge in [0.05, 0.1) is 19.6 Å². The Bertz CT molecular complexity index is 1340. The first-order chi connectivity index (χ1) is 18.0. The van der Waals surface area contributed by atoms with Gasteiger partial charge in [0.2, 0.25) is 0 Å². The van der Waals surface area contributed by atoms with Crippen molar-refractivity contribution in [3.63, 3.8) is 0 Å². The Hall–Kier alpha value is -3.52. The van der Waals surface area contributed by atoms with Gasteiger partial charge in [0.15, 0.2) is 11.6 Å². The molecule has 0 radical (unpaired) electrons. The summed E-state index contributed by atoms with van der Waals surface area (Å²) in [5.41, 5.74) is 1.31. The summed E-state index contributed by atoms with van der Waals surface area (Å²) in [7, 11) is 1.48. The molecule has 0 saturated heterocycles. The van der Waals surface area contributed by atoms with Gasteiger partial charge in [-0.3, -0.25) is 4.79 Å². The first-order valence-corrected chi connectivity index (χ1v) is 12.5. The summed E-state index contributed by atoms with van der Waals surface area (Å²) in [6.45, 7) is 3.96. The van der Waals surface area contributed by atoms with Gasteiger partial charge in [-0.25, -0.2) is 13.2 Å². The molecule has 202 valence electrons. The highest BCUT2D eigenvalue weighted by molar-refractivity contribution is 5.71. The van der Waals surface area contributed by atoms with Gasteiger partial charge in [-0.05, 0) is 71.7 Å². The maximum Gasteiger partial charge on any atom is 0.306 e. The minimum absolute atomic E-state index is 0.0358. The summed E-state index contributed by atoms with van der Waals surface area (Å²) < 4.78 is 56.3. The van der Waals surface area contributed by atoms with Gasteiger partial charge >= 0.3 is 5.97 Å². The molecule has 0 aliphatic heterocycles. The lowest BCUT2D eigenvalue weighted by atomic mass is 9.75. The number of hydrogen-bond acceptors (Lipinski definition) is 4. The van der Waals surface area contributed by atoms with Crippen molar-refractivity contribution in [3.05, 3.63) is 82.7 Å². The summed E-state index contributed by atoms with van der Waals surface area (Å²) in [5.74, 6) is -3.07. The number of methoxy groups -OCH3 is 1. The van der Waals surface area contributed by atoms with E-state index in [0.717, 1.165) is 24.8 Å². The average molecular weight is 529 g/mol. The average Bonchev–Trinajstić information content (AvgIpc) is 3.22. The predicted molar refractivity (Wildman–Crippen MR) is 137 cm³/mol. The highest BCUT2D eigenvalue weighted by atomic mass is 19.1. The first-order valence-electron chi connectivity index (χ1n) is 12.5. The number of aliphatic carboxylic acids is 1. The predicted octanol–water partition coefficient (Wildman–Crippen LogP) is 7.16. The zero-order valence-corrected chi connectivity index (χ0v) is 21.6. The monoisotopic (exact) mass is 528 g/mol. The molecule has 0 heterocycles. The van der Waals surface area contributed by atoms with Gasteiger partial charge in [-0.2, -0.15) is 0 Å². The molecule has 1 saturated carbocycles. The van der Waals surface area contributed by atoms with Gasteiger partial charge in [0.1, 0.15) is 24.0 Å². The molecule has 8 heteroatoms. The molecule has 0 amide bonds. The number of carboxylic acid groups (broad SMARTS) is 1. The molecule has 4 rings (SSSR count). The third kappa shape index (κ3) is 5.65. The minimum atomic E-state index is -1.55. The fourth-order valence-corrected chi connectivity index (χ4v) is 5.34. The Morgan fingerprint density at radius 3 is 2.50 bits per heavy atom. The van der Waals surface area contributed by atoms with E-state index in [0.29, 0.717) is 11.3 Å². The fraction of sp³-hybridized carbons (Fsp3) is 0.367. The largest absolute Gasteiger partial charge is 0.497 e. The number of ether oxygens (including phenoxy) is 2. The van der Waals surface area contributed by atoms with Crippen LogP contribution < -0.4 is 9.47 Å². The van der Waals surface area contributed by atoms with Crippen LogP contribution in [0.15, 0.2) is 48.5 Å². The number of hydrogen-bond donors (Lipinski definition) is 2. The molecule has 3 aromatic rings. The van der Waals surface area contributed by atoms with E-state index in [1.54, 1.807) is 12.1 Å². The minimum Gasteiger partial charge on any atom is -0.497 e. The Morgan fingerprint density at radius 1 is 1.08 bits per heavy atom. The number of rotatable bonds is 9. The van der Waals surface area contributed by atoms with E-state index in [-0.39, 0.29) is 40.4 Å². The van der Waals surface area contributed by atoms with E-state index in [9.17, 15) is 18.7 Å².